The number of nitrogens with one attached hydrogen (secondary N) is 1. The Bertz CT molecular complexity index is 969. The number of rotatable bonds is 4. The van der Waals surface area contributed by atoms with Gasteiger partial charge < -0.3 is 5.32 Å². The number of hydrogen-bond acceptors (Lipinski definition) is 4. The van der Waals surface area contributed by atoms with Gasteiger partial charge in [0.1, 0.15) is 11.2 Å². The van der Waals surface area contributed by atoms with Crippen molar-refractivity contribution in [1.82, 2.24) is 19.7 Å². The van der Waals surface area contributed by atoms with Gasteiger partial charge in [-0.3, -0.25) is 14.8 Å². The molecule has 0 aromatic carbocycles. The molecule has 0 bridgehead atoms. The minimum Gasteiger partial charge on any atom is -0.308 e. The van der Waals surface area contributed by atoms with Gasteiger partial charge in [-0.05, 0) is 36.1 Å². The smallest absolute Gasteiger partial charge is 0.238 e. The molecule has 1 fully saturated rings. The van der Waals surface area contributed by atoms with Gasteiger partial charge in [0, 0.05) is 30.9 Å². The number of hydrogen-bond donors (Lipinski definition) is 1. The van der Waals surface area contributed by atoms with Crippen molar-refractivity contribution in [3.8, 4) is 5.69 Å². The third-order valence-corrected chi connectivity index (χ3v) is 5.05. The Morgan fingerprint density at radius 2 is 1.92 bits per heavy atom. The Hall–Kier alpha value is -3.09. The van der Waals surface area contributed by atoms with Crippen LogP contribution in [0.15, 0.2) is 55.1 Å². The van der Waals surface area contributed by atoms with E-state index in [4.69, 9.17) is 0 Å². The Morgan fingerprint density at radius 1 is 1.19 bits per heavy atom. The quantitative estimate of drug-likeness (QED) is 0.784. The molecule has 1 saturated carbocycles. The SMILES string of the molecule is CC1(C)CC1(C(=O)Nc1ccn(-c2ccncc2)n1)c1ncccc1F. The zero-order valence-corrected chi connectivity index (χ0v) is 14.5. The molecule has 1 unspecified atom stereocenters. The van der Waals surface area contributed by atoms with Gasteiger partial charge in [-0.15, -0.1) is 0 Å². The number of amides is 1. The molecule has 0 aliphatic heterocycles. The summed E-state index contributed by atoms with van der Waals surface area (Å²) >= 11 is 0. The first kappa shape index (κ1) is 16.4. The van der Waals surface area contributed by atoms with Crippen LogP contribution >= 0.6 is 0 Å². The van der Waals surface area contributed by atoms with E-state index in [-0.39, 0.29) is 17.0 Å². The minimum atomic E-state index is -0.987. The molecule has 1 amide bonds. The molecule has 1 N–H and O–H groups in total. The van der Waals surface area contributed by atoms with Crippen LogP contribution in [0.3, 0.4) is 0 Å². The van der Waals surface area contributed by atoms with Crippen molar-refractivity contribution in [2.24, 2.45) is 5.41 Å². The van der Waals surface area contributed by atoms with E-state index in [1.807, 2.05) is 26.0 Å². The number of anilines is 1. The summed E-state index contributed by atoms with van der Waals surface area (Å²) in [4.78, 5) is 21.2. The van der Waals surface area contributed by atoms with E-state index in [2.05, 4.69) is 20.4 Å². The Morgan fingerprint density at radius 3 is 2.58 bits per heavy atom. The summed E-state index contributed by atoms with van der Waals surface area (Å²) in [6.45, 7) is 3.88. The highest BCUT2D eigenvalue weighted by Gasteiger charge is 2.69. The average Bonchev–Trinajstić information content (AvgIpc) is 2.98. The summed E-state index contributed by atoms with van der Waals surface area (Å²) in [7, 11) is 0. The Balaban J connectivity index is 1.62. The second kappa shape index (κ2) is 5.72. The summed E-state index contributed by atoms with van der Waals surface area (Å²) in [5, 5.41) is 7.19. The maximum Gasteiger partial charge on any atom is 0.238 e. The normalized spacial score (nSPS) is 20.6. The summed E-state index contributed by atoms with van der Waals surface area (Å²) < 4.78 is 16.0. The Kier molecular flexibility index (Phi) is 3.61. The summed E-state index contributed by atoms with van der Waals surface area (Å²) in [6.07, 6.45) is 7.13. The van der Waals surface area contributed by atoms with Crippen LogP contribution in [-0.4, -0.2) is 25.7 Å². The van der Waals surface area contributed by atoms with Crippen molar-refractivity contribution in [3.63, 3.8) is 0 Å². The van der Waals surface area contributed by atoms with Crippen LogP contribution in [0, 0.1) is 11.2 Å². The lowest BCUT2D eigenvalue weighted by atomic mass is 9.90. The summed E-state index contributed by atoms with van der Waals surface area (Å²) in [5.74, 6) is -0.346. The lowest BCUT2D eigenvalue weighted by Gasteiger charge is -2.19. The molecule has 3 heterocycles. The van der Waals surface area contributed by atoms with Gasteiger partial charge >= 0.3 is 0 Å². The number of carbonyl (C=O) groups is 1. The van der Waals surface area contributed by atoms with Gasteiger partial charge in [-0.25, -0.2) is 9.07 Å². The zero-order valence-electron chi connectivity index (χ0n) is 14.5. The van der Waals surface area contributed by atoms with Gasteiger partial charge in [-0.1, -0.05) is 13.8 Å². The molecule has 0 radical (unpaired) electrons. The molecule has 3 aromatic rings. The number of carbonyl (C=O) groups excluding carboxylic acids is 1. The van der Waals surface area contributed by atoms with Crippen molar-refractivity contribution >= 4 is 11.7 Å². The number of halogens is 1. The average molecular weight is 351 g/mol. The fourth-order valence-corrected chi connectivity index (χ4v) is 3.47. The number of aromatic nitrogens is 4. The summed E-state index contributed by atoms with van der Waals surface area (Å²) in [5.41, 5.74) is -0.340. The van der Waals surface area contributed by atoms with E-state index in [1.165, 1.54) is 18.3 Å². The zero-order chi connectivity index (χ0) is 18.4. The van der Waals surface area contributed by atoms with Crippen LogP contribution < -0.4 is 5.32 Å². The molecule has 1 atom stereocenters. The Labute approximate surface area is 150 Å². The monoisotopic (exact) mass is 351 g/mol. The lowest BCUT2D eigenvalue weighted by Crippen LogP contribution is -2.34. The number of nitrogens with zero attached hydrogens (tertiary/aromatic N) is 4. The van der Waals surface area contributed by atoms with E-state index >= 15 is 0 Å². The van der Waals surface area contributed by atoms with Crippen molar-refractivity contribution in [1.29, 1.82) is 0 Å². The van der Waals surface area contributed by atoms with Gasteiger partial charge in [-0.2, -0.15) is 5.10 Å². The molecular weight excluding hydrogens is 333 g/mol. The van der Waals surface area contributed by atoms with Crippen molar-refractivity contribution in [3.05, 3.63) is 66.6 Å². The molecule has 7 heteroatoms. The molecule has 26 heavy (non-hydrogen) atoms. The van der Waals surface area contributed by atoms with Crippen LogP contribution in [0.4, 0.5) is 10.2 Å². The first-order valence-corrected chi connectivity index (χ1v) is 8.33. The van der Waals surface area contributed by atoms with E-state index < -0.39 is 11.2 Å². The molecule has 132 valence electrons. The molecule has 1 aliphatic rings. The topological polar surface area (TPSA) is 72.7 Å². The predicted molar refractivity (Wildman–Crippen MR) is 94.3 cm³/mol. The summed E-state index contributed by atoms with van der Waals surface area (Å²) in [6, 6.07) is 8.19. The first-order chi connectivity index (χ1) is 12.4. The van der Waals surface area contributed by atoms with Crippen LogP contribution in [0.25, 0.3) is 5.69 Å². The predicted octanol–water partition coefficient (Wildman–Crippen LogP) is 3.11. The van der Waals surface area contributed by atoms with Crippen molar-refractivity contribution < 1.29 is 9.18 Å². The molecule has 0 spiro atoms. The molecule has 0 saturated heterocycles. The van der Waals surface area contributed by atoms with Gasteiger partial charge in [0.2, 0.25) is 5.91 Å². The third-order valence-electron chi connectivity index (χ3n) is 5.05. The molecule has 6 nitrogen and oxygen atoms in total. The second-order valence-electron chi connectivity index (χ2n) is 7.10. The largest absolute Gasteiger partial charge is 0.308 e. The van der Waals surface area contributed by atoms with E-state index in [9.17, 15) is 9.18 Å². The fourth-order valence-electron chi connectivity index (χ4n) is 3.47. The van der Waals surface area contributed by atoms with Gasteiger partial charge in [0.25, 0.3) is 0 Å². The highest BCUT2D eigenvalue weighted by atomic mass is 19.1. The highest BCUT2D eigenvalue weighted by Crippen LogP contribution is 2.64. The maximum absolute atomic E-state index is 14.3. The van der Waals surface area contributed by atoms with Crippen molar-refractivity contribution in [2.45, 2.75) is 25.7 Å². The molecule has 4 rings (SSSR count). The van der Waals surface area contributed by atoms with E-state index in [1.54, 1.807) is 29.3 Å². The maximum atomic E-state index is 14.3. The fraction of sp³-hybridized carbons (Fsp3) is 0.263. The second-order valence-corrected chi connectivity index (χ2v) is 7.10. The van der Waals surface area contributed by atoms with Crippen LogP contribution in [0.1, 0.15) is 26.0 Å². The molecular formula is C19H18FN5O. The van der Waals surface area contributed by atoms with Crippen molar-refractivity contribution in [2.75, 3.05) is 5.32 Å². The van der Waals surface area contributed by atoms with Gasteiger partial charge in [0.15, 0.2) is 5.82 Å². The lowest BCUT2D eigenvalue weighted by molar-refractivity contribution is -0.119. The standard InChI is InChI=1S/C19H18FN5O/c1-18(2)12-19(18,16-14(20)4-3-8-22-16)17(26)23-15-7-11-25(24-15)13-5-9-21-10-6-13/h3-11H,12H2,1-2H3,(H,23,24,26). The highest BCUT2D eigenvalue weighted by molar-refractivity contribution is 6.01. The van der Waals surface area contributed by atoms with Crippen LogP contribution in [-0.2, 0) is 10.2 Å². The minimum absolute atomic E-state index is 0.191. The number of pyridine rings is 2. The van der Waals surface area contributed by atoms with Crippen LogP contribution in [0.2, 0.25) is 0 Å². The third kappa shape index (κ3) is 2.47. The first-order valence-electron chi connectivity index (χ1n) is 8.33. The van der Waals surface area contributed by atoms with Gasteiger partial charge in [0.05, 0.1) is 11.4 Å². The molecule has 1 aliphatic carbocycles. The van der Waals surface area contributed by atoms with E-state index in [0.29, 0.717) is 12.2 Å². The van der Waals surface area contributed by atoms with Crippen LogP contribution in [0.5, 0.6) is 0 Å². The van der Waals surface area contributed by atoms with E-state index in [0.717, 1.165) is 5.69 Å². The molecule has 3 aromatic heterocycles.